The van der Waals surface area contributed by atoms with Crippen LogP contribution in [0.25, 0.3) is 10.8 Å². The van der Waals surface area contributed by atoms with Gasteiger partial charge in [0.25, 0.3) is 11.7 Å². The van der Waals surface area contributed by atoms with Gasteiger partial charge in [-0.1, -0.05) is 51.7 Å². The van der Waals surface area contributed by atoms with Gasteiger partial charge < -0.3 is 49.8 Å². The van der Waals surface area contributed by atoms with E-state index >= 15 is 0 Å². The molecule has 2 aromatic carbocycles. The topological polar surface area (TPSA) is 204 Å². The van der Waals surface area contributed by atoms with Gasteiger partial charge in [0.05, 0.1) is 54.2 Å². The first-order valence-electron chi connectivity index (χ1n) is 16.3. The monoisotopic (exact) mass is 719 g/mol. The Morgan fingerprint density at radius 1 is 0.961 bits per heavy atom. The molecule has 0 fully saturated rings. The number of nitrogens with one attached hydrogen (secondary N) is 1. The number of Topliss-reactive ketones (excluding diaryl/α,β-unsaturated/α-hetero) is 1. The van der Waals surface area contributed by atoms with Crippen molar-refractivity contribution in [3.8, 4) is 23.0 Å². The van der Waals surface area contributed by atoms with Gasteiger partial charge in [-0.2, -0.15) is 0 Å². The van der Waals surface area contributed by atoms with Gasteiger partial charge in [-0.3, -0.25) is 14.4 Å². The summed E-state index contributed by atoms with van der Waals surface area (Å²) in [5, 5.41) is 60.3. The molecule has 13 nitrogen and oxygen atoms in total. The second-order valence-electron chi connectivity index (χ2n) is 13.4. The summed E-state index contributed by atoms with van der Waals surface area (Å²) in [5.41, 5.74) is -0.278. The van der Waals surface area contributed by atoms with E-state index in [1.807, 2.05) is 0 Å². The number of hydrogen-bond donors (Lipinski definition) is 5. The maximum Gasteiger partial charge on any atom is 1.00 e. The van der Waals surface area contributed by atoms with E-state index in [0.29, 0.717) is 0 Å². The van der Waals surface area contributed by atoms with Crippen LogP contribution in [0, 0.1) is 36.5 Å². The minimum absolute atomic E-state index is 0. The van der Waals surface area contributed by atoms with Gasteiger partial charge in [0, 0.05) is 37.0 Å². The molecule has 3 aliphatic heterocycles. The molecular weight excluding hydrogens is 673 g/mol. The van der Waals surface area contributed by atoms with Gasteiger partial charge >= 0.3 is 41.3 Å². The third-order valence-corrected chi connectivity index (χ3v) is 10.1. The first-order chi connectivity index (χ1) is 23.4. The standard InChI is InChI=1S/C37H47NO12.Na/c1-16-11-10-12-17(2)35(45)38-22-15-23(39)26-27(32(22)43)31(42)21(6)33-28(26)34(44)37(7,50-33)49-14-13-24(47-8)18(3)25(36(46)48-9)19(4)30(41)20(5)29(16)40;/h10-16,18-20,24-25,29-30,39-43H,1-9H3,(H,38,45);/q;+1/p-1/t16?,18?,19?,20?,24?,25?,29?,30?,37-;/m0./s1. The fourth-order valence-electron chi connectivity index (χ4n) is 6.83. The molecule has 0 aromatic heterocycles. The molecule has 0 aliphatic carbocycles. The number of esters is 1. The van der Waals surface area contributed by atoms with Crippen LogP contribution in [0.15, 0.2) is 42.2 Å². The van der Waals surface area contributed by atoms with Crippen molar-refractivity contribution in [2.45, 2.75) is 72.6 Å². The average Bonchev–Trinajstić information content (AvgIpc) is 3.34. The van der Waals surface area contributed by atoms with Crippen LogP contribution in [0.4, 0.5) is 5.69 Å². The van der Waals surface area contributed by atoms with Crippen molar-refractivity contribution in [1.82, 2.24) is 0 Å². The Labute approximate surface area is 319 Å². The average molecular weight is 720 g/mol. The number of aromatic hydroxyl groups is 2. The summed E-state index contributed by atoms with van der Waals surface area (Å²) in [4.78, 5) is 40.1. The summed E-state index contributed by atoms with van der Waals surface area (Å²) in [5.74, 6) is -9.54. The Morgan fingerprint density at radius 3 is 2.22 bits per heavy atom. The zero-order chi connectivity index (χ0) is 37.4. The molecule has 8 unspecified atom stereocenters. The number of phenols is 2. The fraction of sp³-hybridized carbons (Fsp3) is 0.486. The van der Waals surface area contributed by atoms with Crippen molar-refractivity contribution in [1.29, 1.82) is 0 Å². The van der Waals surface area contributed by atoms with E-state index in [1.165, 1.54) is 53.4 Å². The van der Waals surface area contributed by atoms with Crippen molar-refractivity contribution in [3.05, 3.63) is 53.3 Å². The molecule has 9 atom stereocenters. The molecule has 14 heteroatoms. The molecule has 5 bridgehead atoms. The number of allylic oxidation sites excluding steroid dienone is 2. The van der Waals surface area contributed by atoms with E-state index in [0.717, 1.165) is 6.07 Å². The number of fused-ring (bicyclic) bond motifs is 14. The molecular formula is C37H46NNaO12. The summed E-state index contributed by atoms with van der Waals surface area (Å²) in [6.07, 6.45) is 4.30. The number of hydrogen-bond acceptors (Lipinski definition) is 12. The van der Waals surface area contributed by atoms with Crippen molar-refractivity contribution < 1.29 is 88.4 Å². The number of carbonyl (C=O) groups excluding carboxylic acids is 3. The van der Waals surface area contributed by atoms with Gasteiger partial charge in [-0.15, -0.1) is 0 Å². The fourth-order valence-corrected chi connectivity index (χ4v) is 6.83. The number of ketones is 1. The molecule has 3 heterocycles. The predicted octanol–water partition coefficient (Wildman–Crippen LogP) is 0.984. The molecule has 2 aromatic rings. The van der Waals surface area contributed by atoms with Gasteiger partial charge in [-0.05, 0) is 43.2 Å². The van der Waals surface area contributed by atoms with E-state index < -0.39 is 88.6 Å². The SMILES string of the molecule is COC(=O)C1C(C)C(OC)C=CO[C@@]2(C)Oc3c(C)c(O)c4c(O)c(cc([O-])c4c3C2=O)NC(=O)C(C)=CC=CC(C)C(O)C(C)C(O)C1C.[Na+]. The number of rotatable bonds is 2. The van der Waals surface area contributed by atoms with Crippen molar-refractivity contribution >= 4 is 34.1 Å². The third-order valence-electron chi connectivity index (χ3n) is 10.1. The maximum atomic E-state index is 13.9. The summed E-state index contributed by atoms with van der Waals surface area (Å²) >= 11 is 0. The van der Waals surface area contributed by atoms with Gasteiger partial charge in [0.15, 0.2) is 5.75 Å². The second kappa shape index (κ2) is 16.4. The van der Waals surface area contributed by atoms with Crippen LogP contribution in [0.5, 0.6) is 23.0 Å². The van der Waals surface area contributed by atoms with Crippen LogP contribution in [-0.2, 0) is 23.8 Å². The van der Waals surface area contributed by atoms with Crippen molar-refractivity contribution in [2.24, 2.45) is 29.6 Å². The summed E-state index contributed by atoms with van der Waals surface area (Å²) < 4.78 is 22.5. The van der Waals surface area contributed by atoms with Crippen LogP contribution < -0.4 is 44.7 Å². The van der Waals surface area contributed by atoms with Crippen LogP contribution in [0.3, 0.4) is 0 Å². The Kier molecular flexibility index (Phi) is 13.4. The molecule has 5 N–H and O–H groups in total. The van der Waals surface area contributed by atoms with Gasteiger partial charge in [-0.25, -0.2) is 0 Å². The molecule has 0 saturated heterocycles. The molecule has 5 rings (SSSR count). The second-order valence-corrected chi connectivity index (χ2v) is 13.4. The molecule has 272 valence electrons. The van der Waals surface area contributed by atoms with E-state index in [4.69, 9.17) is 18.9 Å². The number of amides is 1. The van der Waals surface area contributed by atoms with E-state index in [-0.39, 0.29) is 68.5 Å². The van der Waals surface area contributed by atoms with Crippen LogP contribution >= 0.6 is 0 Å². The molecule has 51 heavy (non-hydrogen) atoms. The van der Waals surface area contributed by atoms with Gasteiger partial charge in [0.2, 0.25) is 0 Å². The molecule has 0 saturated carbocycles. The zero-order valence-electron chi connectivity index (χ0n) is 30.6. The number of methoxy groups -OCH3 is 2. The minimum Gasteiger partial charge on any atom is -0.872 e. The van der Waals surface area contributed by atoms with Crippen molar-refractivity contribution in [2.75, 3.05) is 19.5 Å². The molecule has 0 spiro atoms. The number of aliphatic hydroxyl groups is 2. The Morgan fingerprint density at radius 2 is 1.61 bits per heavy atom. The van der Waals surface area contributed by atoms with Gasteiger partial charge in [0.1, 0.15) is 11.5 Å². The first kappa shape index (κ1) is 41.8. The number of benzene rings is 2. The minimum atomic E-state index is -2.02. The molecule has 1 amide bonds. The largest absolute Gasteiger partial charge is 1.00 e. The summed E-state index contributed by atoms with van der Waals surface area (Å²) in [6, 6.07) is 0.949. The van der Waals surface area contributed by atoms with E-state index in [1.54, 1.807) is 39.8 Å². The summed E-state index contributed by atoms with van der Waals surface area (Å²) in [7, 11) is 2.65. The normalized spacial score (nSPS) is 30.3. The molecule has 0 radical (unpaired) electrons. The number of carbonyl (C=O) groups is 3. The zero-order valence-corrected chi connectivity index (χ0v) is 32.6. The Balaban J connectivity index is 0.00000702. The number of aliphatic hydroxyl groups excluding tert-OH is 2. The molecule has 3 aliphatic rings. The van der Waals surface area contributed by atoms with E-state index in [9.17, 15) is 39.9 Å². The van der Waals surface area contributed by atoms with Crippen molar-refractivity contribution in [3.63, 3.8) is 0 Å². The maximum absolute atomic E-state index is 13.9. The van der Waals surface area contributed by atoms with Crippen LogP contribution in [-0.4, -0.2) is 76.4 Å². The van der Waals surface area contributed by atoms with Crippen LogP contribution in [0.2, 0.25) is 0 Å². The number of ether oxygens (including phenoxy) is 4. The number of anilines is 1. The summed E-state index contributed by atoms with van der Waals surface area (Å²) in [6.45, 7) is 11.1. The van der Waals surface area contributed by atoms with E-state index in [2.05, 4.69) is 5.32 Å². The first-order valence-corrected chi connectivity index (χ1v) is 16.3. The number of phenolic OH excluding ortho intramolecular Hbond substituents is 2. The Hall–Kier alpha value is -3.59. The third kappa shape index (κ3) is 7.79. The smallest absolute Gasteiger partial charge is 0.872 e. The predicted molar refractivity (Wildman–Crippen MR) is 182 cm³/mol. The van der Waals surface area contributed by atoms with Crippen LogP contribution in [0.1, 0.15) is 57.5 Å². The quantitative estimate of drug-likeness (QED) is 0.168. The Bertz CT molecular complexity index is 1770.